The maximum absolute atomic E-state index is 10.4. The fraction of sp³-hybridized carbons (Fsp3) is 0.143. The first-order chi connectivity index (χ1) is 6.38. The molecule has 0 N–H and O–H groups in total. The van der Waals surface area contributed by atoms with E-state index in [4.69, 9.17) is 0 Å². The van der Waals surface area contributed by atoms with Crippen LogP contribution in [0, 0.1) is 10.1 Å². The van der Waals surface area contributed by atoms with Gasteiger partial charge in [-0.15, -0.1) is 0 Å². The third-order valence-corrected chi connectivity index (χ3v) is 2.15. The van der Waals surface area contributed by atoms with E-state index >= 15 is 0 Å². The lowest BCUT2D eigenvalue weighted by molar-refractivity contribution is -0.384. The summed E-state index contributed by atoms with van der Waals surface area (Å²) in [5.74, 6) is -0.728. The van der Waals surface area contributed by atoms with E-state index in [1.54, 1.807) is 0 Å². The minimum Gasteiger partial charge on any atom is -0.748 e. The van der Waals surface area contributed by atoms with Crippen LogP contribution in [0.25, 0.3) is 0 Å². The minimum absolute atomic E-state index is 0.120. The van der Waals surface area contributed by atoms with E-state index in [0.29, 0.717) is 0 Å². The number of nitro benzene ring substituents is 1. The Bertz CT molecular complexity index is 453. The first-order valence-electron chi connectivity index (χ1n) is 3.55. The maximum Gasteiger partial charge on any atom is 0.269 e. The van der Waals surface area contributed by atoms with Crippen molar-refractivity contribution < 1.29 is 17.9 Å². The van der Waals surface area contributed by atoms with E-state index in [2.05, 4.69) is 0 Å². The predicted molar refractivity (Wildman–Crippen MR) is 46.5 cm³/mol. The molecular formula is C7H6NO5S-. The van der Waals surface area contributed by atoms with Gasteiger partial charge in [-0.3, -0.25) is 10.1 Å². The molecule has 0 saturated heterocycles. The van der Waals surface area contributed by atoms with Crippen LogP contribution in [0.3, 0.4) is 0 Å². The van der Waals surface area contributed by atoms with Crippen LogP contribution in [0.1, 0.15) is 5.56 Å². The summed E-state index contributed by atoms with van der Waals surface area (Å²) in [7, 11) is -4.39. The molecule has 7 heteroatoms. The van der Waals surface area contributed by atoms with Crippen molar-refractivity contribution in [3.05, 3.63) is 39.9 Å². The molecule has 0 aromatic heterocycles. The molecule has 0 spiro atoms. The van der Waals surface area contributed by atoms with E-state index in [1.165, 1.54) is 18.2 Å². The summed E-state index contributed by atoms with van der Waals surface area (Å²) < 4.78 is 31.1. The highest BCUT2D eigenvalue weighted by Crippen LogP contribution is 2.14. The van der Waals surface area contributed by atoms with Gasteiger partial charge >= 0.3 is 0 Å². The number of nitrogens with zero attached hydrogens (tertiary/aromatic N) is 1. The standard InChI is InChI=1S/C7H7NO5S/c9-8(10)7-3-1-2-6(4-7)5-14(11,12)13/h1-4H,5H2,(H,11,12,13)/p-1. The molecule has 0 unspecified atom stereocenters. The Labute approximate surface area is 80.1 Å². The second-order valence-corrected chi connectivity index (χ2v) is 4.03. The Kier molecular flexibility index (Phi) is 2.82. The molecule has 0 atom stereocenters. The lowest BCUT2D eigenvalue weighted by Gasteiger charge is -2.05. The molecule has 0 saturated carbocycles. The monoisotopic (exact) mass is 216 g/mol. The molecule has 0 bridgehead atoms. The minimum atomic E-state index is -4.39. The fourth-order valence-electron chi connectivity index (χ4n) is 0.964. The molecular weight excluding hydrogens is 210 g/mol. The molecule has 1 rings (SSSR count). The SMILES string of the molecule is O=[N+]([O-])c1cccc(CS(=O)(=O)[O-])c1. The van der Waals surface area contributed by atoms with Crippen molar-refractivity contribution in [1.29, 1.82) is 0 Å². The van der Waals surface area contributed by atoms with Crippen molar-refractivity contribution in [2.75, 3.05) is 0 Å². The van der Waals surface area contributed by atoms with Gasteiger partial charge in [-0.1, -0.05) is 12.1 Å². The van der Waals surface area contributed by atoms with Crippen LogP contribution >= 0.6 is 0 Å². The maximum atomic E-state index is 10.4. The van der Waals surface area contributed by atoms with Gasteiger partial charge in [0.15, 0.2) is 0 Å². The van der Waals surface area contributed by atoms with Gasteiger partial charge in [0.25, 0.3) is 5.69 Å². The van der Waals surface area contributed by atoms with Crippen LogP contribution in [0.4, 0.5) is 5.69 Å². The fourth-order valence-corrected chi connectivity index (χ4v) is 1.55. The van der Waals surface area contributed by atoms with E-state index in [-0.39, 0.29) is 11.3 Å². The number of benzene rings is 1. The lowest BCUT2D eigenvalue weighted by atomic mass is 10.2. The summed E-state index contributed by atoms with van der Waals surface area (Å²) >= 11 is 0. The zero-order valence-electron chi connectivity index (χ0n) is 6.91. The summed E-state index contributed by atoms with van der Waals surface area (Å²) in [6.07, 6.45) is 0. The predicted octanol–water partition coefficient (Wildman–Crippen LogP) is 0.640. The van der Waals surface area contributed by atoms with Crippen molar-refractivity contribution >= 4 is 15.8 Å². The zero-order valence-corrected chi connectivity index (χ0v) is 7.73. The third-order valence-electron chi connectivity index (χ3n) is 1.46. The lowest BCUT2D eigenvalue weighted by Crippen LogP contribution is -2.02. The van der Waals surface area contributed by atoms with Crippen molar-refractivity contribution in [3.63, 3.8) is 0 Å². The van der Waals surface area contributed by atoms with Gasteiger partial charge in [0.05, 0.1) is 20.8 Å². The molecule has 0 radical (unpaired) electrons. The molecule has 0 aliphatic carbocycles. The Morgan fingerprint density at radius 3 is 2.50 bits per heavy atom. The highest BCUT2D eigenvalue weighted by atomic mass is 32.2. The van der Waals surface area contributed by atoms with E-state index in [0.717, 1.165) is 6.07 Å². The highest BCUT2D eigenvalue weighted by Gasteiger charge is 2.07. The van der Waals surface area contributed by atoms with Crippen LogP contribution in [-0.4, -0.2) is 17.9 Å². The highest BCUT2D eigenvalue weighted by molar-refractivity contribution is 7.84. The molecule has 6 nitrogen and oxygen atoms in total. The van der Waals surface area contributed by atoms with Gasteiger partial charge in [0, 0.05) is 12.1 Å². The summed E-state index contributed by atoms with van der Waals surface area (Å²) in [4.78, 5) is 9.64. The van der Waals surface area contributed by atoms with E-state index < -0.39 is 20.8 Å². The van der Waals surface area contributed by atoms with Gasteiger partial charge < -0.3 is 4.55 Å². The van der Waals surface area contributed by atoms with Gasteiger partial charge in [-0.05, 0) is 5.56 Å². The Hall–Kier alpha value is -1.47. The van der Waals surface area contributed by atoms with Crippen molar-refractivity contribution in [3.8, 4) is 0 Å². The number of hydrogen-bond donors (Lipinski definition) is 0. The second-order valence-electron chi connectivity index (χ2n) is 2.63. The third kappa shape index (κ3) is 3.11. The van der Waals surface area contributed by atoms with Crippen LogP contribution in [0.2, 0.25) is 0 Å². The van der Waals surface area contributed by atoms with E-state index in [1.807, 2.05) is 0 Å². The van der Waals surface area contributed by atoms with E-state index in [9.17, 15) is 23.1 Å². The molecule has 0 amide bonds. The molecule has 0 fully saturated rings. The van der Waals surface area contributed by atoms with Crippen LogP contribution in [-0.2, 0) is 15.9 Å². The van der Waals surface area contributed by atoms with Gasteiger partial charge in [0.1, 0.15) is 0 Å². The Balaban J connectivity index is 3.01. The second kappa shape index (κ2) is 3.72. The topological polar surface area (TPSA) is 100 Å². The van der Waals surface area contributed by atoms with Crippen molar-refractivity contribution in [2.24, 2.45) is 0 Å². The molecule has 0 aliphatic rings. The molecule has 14 heavy (non-hydrogen) atoms. The van der Waals surface area contributed by atoms with Gasteiger partial charge in [0.2, 0.25) is 0 Å². The summed E-state index contributed by atoms with van der Waals surface area (Å²) in [5.41, 5.74) is -0.111. The van der Waals surface area contributed by atoms with Crippen LogP contribution < -0.4 is 0 Å². The van der Waals surface area contributed by atoms with Gasteiger partial charge in [-0.2, -0.15) is 0 Å². The molecule has 0 aliphatic heterocycles. The first kappa shape index (κ1) is 10.6. The zero-order chi connectivity index (χ0) is 10.8. The average Bonchev–Trinajstić information content (AvgIpc) is 2.01. The quantitative estimate of drug-likeness (QED) is 0.419. The Morgan fingerprint density at radius 2 is 2.00 bits per heavy atom. The molecule has 76 valence electrons. The molecule has 1 aromatic carbocycles. The van der Waals surface area contributed by atoms with Crippen LogP contribution in [0.5, 0.6) is 0 Å². The number of rotatable bonds is 3. The number of non-ortho nitro benzene ring substituents is 1. The first-order valence-corrected chi connectivity index (χ1v) is 5.13. The molecule has 1 aromatic rings. The average molecular weight is 216 g/mol. The Morgan fingerprint density at radius 1 is 1.36 bits per heavy atom. The summed E-state index contributed by atoms with van der Waals surface area (Å²) in [6.45, 7) is 0. The van der Waals surface area contributed by atoms with Gasteiger partial charge in [-0.25, -0.2) is 8.42 Å². The smallest absolute Gasteiger partial charge is 0.269 e. The summed E-state index contributed by atoms with van der Waals surface area (Å²) in [5, 5.41) is 10.3. The molecule has 0 heterocycles. The van der Waals surface area contributed by atoms with Crippen molar-refractivity contribution in [2.45, 2.75) is 5.75 Å². The van der Waals surface area contributed by atoms with Crippen molar-refractivity contribution in [1.82, 2.24) is 0 Å². The largest absolute Gasteiger partial charge is 0.748 e. The number of hydrogen-bond acceptors (Lipinski definition) is 5. The van der Waals surface area contributed by atoms with Crippen LogP contribution in [0.15, 0.2) is 24.3 Å². The number of nitro groups is 1. The normalized spacial score (nSPS) is 11.2. The summed E-state index contributed by atoms with van der Waals surface area (Å²) in [6, 6.07) is 4.97.